The zero-order valence-corrected chi connectivity index (χ0v) is 13.6. The summed E-state index contributed by atoms with van der Waals surface area (Å²) < 4.78 is 1.93. The lowest BCUT2D eigenvalue weighted by Crippen LogP contribution is -2.12. The van der Waals surface area contributed by atoms with Crippen molar-refractivity contribution < 1.29 is 0 Å². The third-order valence-electron chi connectivity index (χ3n) is 4.16. The Bertz CT molecular complexity index is 587. The summed E-state index contributed by atoms with van der Waals surface area (Å²) in [4.78, 5) is 1.37. The molecule has 112 valence electrons. The number of thioether (sulfide) groups is 1. The van der Waals surface area contributed by atoms with Crippen LogP contribution in [0.15, 0.2) is 41.4 Å². The maximum absolute atomic E-state index is 4.26. The smallest absolute Gasteiger partial charge is 0.0654 e. The maximum Gasteiger partial charge on any atom is 0.0654 e. The molecule has 1 atom stereocenters. The van der Waals surface area contributed by atoms with Crippen LogP contribution in [0.5, 0.6) is 0 Å². The van der Waals surface area contributed by atoms with Crippen molar-refractivity contribution in [1.29, 1.82) is 0 Å². The molecule has 0 bridgehead atoms. The van der Waals surface area contributed by atoms with E-state index < -0.39 is 0 Å². The van der Waals surface area contributed by atoms with Crippen LogP contribution in [-0.4, -0.2) is 15.0 Å². The fourth-order valence-electron chi connectivity index (χ4n) is 2.99. The first-order valence-corrected chi connectivity index (χ1v) is 8.62. The summed E-state index contributed by atoms with van der Waals surface area (Å²) in [7, 11) is 1.99. The van der Waals surface area contributed by atoms with Crippen molar-refractivity contribution in [1.82, 2.24) is 9.78 Å². The average Bonchev–Trinajstić information content (AvgIpc) is 3.12. The molecule has 1 saturated carbocycles. The van der Waals surface area contributed by atoms with E-state index in [2.05, 4.69) is 47.7 Å². The molecule has 21 heavy (non-hydrogen) atoms. The van der Waals surface area contributed by atoms with Gasteiger partial charge >= 0.3 is 0 Å². The summed E-state index contributed by atoms with van der Waals surface area (Å²) in [5.74, 6) is 0. The highest BCUT2D eigenvalue weighted by Gasteiger charge is 2.18. The van der Waals surface area contributed by atoms with E-state index >= 15 is 0 Å². The molecular weight excluding hydrogens is 278 g/mol. The largest absolute Gasteiger partial charge is 0.376 e. The van der Waals surface area contributed by atoms with Gasteiger partial charge in [0.25, 0.3) is 0 Å². The van der Waals surface area contributed by atoms with Crippen molar-refractivity contribution in [2.24, 2.45) is 7.05 Å². The molecule has 3 rings (SSSR count). The molecule has 1 heterocycles. The van der Waals surface area contributed by atoms with Gasteiger partial charge < -0.3 is 5.32 Å². The lowest BCUT2D eigenvalue weighted by atomic mass is 10.2. The van der Waals surface area contributed by atoms with E-state index in [1.54, 1.807) is 0 Å². The molecule has 0 spiro atoms. The van der Waals surface area contributed by atoms with Gasteiger partial charge in [-0.2, -0.15) is 5.10 Å². The van der Waals surface area contributed by atoms with Gasteiger partial charge in [0, 0.05) is 29.1 Å². The summed E-state index contributed by atoms with van der Waals surface area (Å²) >= 11 is 2.04. The molecule has 1 fully saturated rings. The molecule has 0 aliphatic heterocycles. The Morgan fingerprint density at radius 1 is 1.24 bits per heavy atom. The number of nitrogens with zero attached hydrogens (tertiary/aromatic N) is 2. The van der Waals surface area contributed by atoms with Crippen LogP contribution in [0.1, 0.15) is 44.3 Å². The second kappa shape index (κ2) is 6.56. The highest BCUT2D eigenvalue weighted by Crippen LogP contribution is 2.38. The predicted molar refractivity (Wildman–Crippen MR) is 89.8 cm³/mol. The van der Waals surface area contributed by atoms with Crippen LogP contribution in [0.4, 0.5) is 5.69 Å². The molecule has 1 aliphatic rings. The van der Waals surface area contributed by atoms with Gasteiger partial charge in [0.15, 0.2) is 0 Å². The Hall–Kier alpha value is -1.42. The van der Waals surface area contributed by atoms with Crippen molar-refractivity contribution >= 4 is 17.4 Å². The van der Waals surface area contributed by atoms with E-state index in [-0.39, 0.29) is 6.04 Å². The van der Waals surface area contributed by atoms with Crippen LogP contribution in [0.2, 0.25) is 0 Å². The second-order valence-electron chi connectivity index (χ2n) is 5.77. The minimum absolute atomic E-state index is 0.253. The topological polar surface area (TPSA) is 29.9 Å². The number of hydrogen-bond donors (Lipinski definition) is 1. The second-order valence-corrected chi connectivity index (χ2v) is 7.11. The fraction of sp³-hybridized carbons (Fsp3) is 0.471. The number of benzene rings is 1. The Morgan fingerprint density at radius 2 is 2.00 bits per heavy atom. The van der Waals surface area contributed by atoms with E-state index in [0.717, 1.165) is 5.25 Å². The van der Waals surface area contributed by atoms with Gasteiger partial charge in [0.1, 0.15) is 0 Å². The highest BCUT2D eigenvalue weighted by atomic mass is 32.2. The van der Waals surface area contributed by atoms with Crippen molar-refractivity contribution in [3.63, 3.8) is 0 Å². The van der Waals surface area contributed by atoms with E-state index in [4.69, 9.17) is 0 Å². The normalized spacial score (nSPS) is 17.0. The van der Waals surface area contributed by atoms with Gasteiger partial charge in [-0.1, -0.05) is 25.0 Å². The van der Waals surface area contributed by atoms with Gasteiger partial charge in [-0.25, -0.2) is 0 Å². The average molecular weight is 301 g/mol. The van der Waals surface area contributed by atoms with Crippen molar-refractivity contribution in [2.45, 2.75) is 48.8 Å². The molecule has 2 aromatic rings. The van der Waals surface area contributed by atoms with Crippen LogP contribution in [0.3, 0.4) is 0 Å². The molecule has 1 aromatic heterocycles. The minimum Gasteiger partial charge on any atom is -0.376 e. The molecule has 0 radical (unpaired) electrons. The van der Waals surface area contributed by atoms with Crippen LogP contribution >= 0.6 is 11.8 Å². The summed E-state index contributed by atoms with van der Waals surface area (Å²) in [6.07, 6.45) is 7.34. The van der Waals surface area contributed by atoms with E-state index in [9.17, 15) is 0 Å². The Balaban J connectivity index is 1.74. The van der Waals surface area contributed by atoms with Crippen LogP contribution in [0, 0.1) is 0 Å². The third kappa shape index (κ3) is 3.43. The molecule has 1 unspecified atom stereocenters. The van der Waals surface area contributed by atoms with Crippen molar-refractivity contribution in [3.8, 4) is 0 Å². The van der Waals surface area contributed by atoms with Crippen LogP contribution in [0.25, 0.3) is 0 Å². The monoisotopic (exact) mass is 301 g/mol. The van der Waals surface area contributed by atoms with Gasteiger partial charge in [0.2, 0.25) is 0 Å². The third-order valence-corrected chi connectivity index (χ3v) is 5.57. The molecule has 3 nitrogen and oxygen atoms in total. The standard InChI is InChI=1S/C17H23N3S/c1-13(16-11-12-18-20(16)2)19-15-9-5-6-10-17(15)21-14-7-3-4-8-14/h5-6,9-14,19H,3-4,7-8H2,1-2H3. The number of aryl methyl sites for hydroxylation is 1. The molecule has 0 amide bonds. The quantitative estimate of drug-likeness (QED) is 0.873. The number of hydrogen-bond acceptors (Lipinski definition) is 3. The number of nitrogens with one attached hydrogen (secondary N) is 1. The first kappa shape index (κ1) is 14.5. The van der Waals surface area contributed by atoms with Crippen molar-refractivity contribution in [3.05, 3.63) is 42.2 Å². The van der Waals surface area contributed by atoms with Crippen LogP contribution < -0.4 is 5.32 Å². The molecule has 0 saturated heterocycles. The Labute approximate surface area is 131 Å². The summed E-state index contributed by atoms with van der Waals surface area (Å²) in [5, 5.41) is 8.69. The van der Waals surface area contributed by atoms with Crippen molar-refractivity contribution in [2.75, 3.05) is 5.32 Å². The van der Waals surface area contributed by atoms with Gasteiger partial charge in [-0.05, 0) is 38.0 Å². The molecule has 1 N–H and O–H groups in total. The van der Waals surface area contributed by atoms with E-state index in [1.165, 1.54) is 42.0 Å². The van der Waals surface area contributed by atoms with E-state index in [1.807, 2.05) is 29.7 Å². The Morgan fingerprint density at radius 3 is 2.71 bits per heavy atom. The lowest BCUT2D eigenvalue weighted by Gasteiger charge is -2.19. The molecule has 1 aliphatic carbocycles. The lowest BCUT2D eigenvalue weighted by molar-refractivity contribution is 0.675. The van der Waals surface area contributed by atoms with Crippen LogP contribution in [-0.2, 0) is 7.05 Å². The van der Waals surface area contributed by atoms with Gasteiger partial charge in [-0.3, -0.25) is 4.68 Å². The fourth-order valence-corrected chi connectivity index (χ4v) is 4.33. The number of anilines is 1. The summed E-state index contributed by atoms with van der Waals surface area (Å²) in [6.45, 7) is 2.19. The summed E-state index contributed by atoms with van der Waals surface area (Å²) in [6, 6.07) is 11.0. The molecular formula is C17H23N3S. The zero-order chi connectivity index (χ0) is 14.7. The first-order valence-electron chi connectivity index (χ1n) is 7.74. The predicted octanol–water partition coefficient (Wildman–Crippen LogP) is 4.63. The minimum atomic E-state index is 0.253. The Kier molecular flexibility index (Phi) is 4.54. The maximum atomic E-state index is 4.26. The van der Waals surface area contributed by atoms with E-state index in [0.29, 0.717) is 0 Å². The number of aromatic nitrogens is 2. The number of para-hydroxylation sites is 1. The van der Waals surface area contributed by atoms with Gasteiger partial charge in [-0.15, -0.1) is 11.8 Å². The molecule has 4 heteroatoms. The highest BCUT2D eigenvalue weighted by molar-refractivity contribution is 8.00. The zero-order valence-electron chi connectivity index (χ0n) is 12.7. The first-order chi connectivity index (χ1) is 10.2. The molecule has 1 aromatic carbocycles. The van der Waals surface area contributed by atoms with Gasteiger partial charge in [0.05, 0.1) is 11.7 Å². The summed E-state index contributed by atoms with van der Waals surface area (Å²) in [5.41, 5.74) is 2.44. The SMILES string of the molecule is CC(Nc1ccccc1SC1CCCC1)c1ccnn1C. The number of rotatable bonds is 5.